The summed E-state index contributed by atoms with van der Waals surface area (Å²) in [5, 5.41) is 13.4. The third kappa shape index (κ3) is 2.37. The third-order valence-corrected chi connectivity index (χ3v) is 2.88. The van der Waals surface area contributed by atoms with Gasteiger partial charge in [-0.1, -0.05) is 11.3 Å². The van der Waals surface area contributed by atoms with Gasteiger partial charge in [-0.05, 0) is 13.8 Å². The lowest BCUT2D eigenvalue weighted by atomic mass is 10.0. The second kappa shape index (κ2) is 4.08. The molecule has 0 aliphatic rings. The largest absolute Gasteiger partial charge is 0.377 e. The first-order chi connectivity index (χ1) is 7.49. The van der Waals surface area contributed by atoms with Gasteiger partial charge in [-0.2, -0.15) is 9.61 Å². The van der Waals surface area contributed by atoms with E-state index in [4.69, 9.17) is 10.5 Å². The zero-order chi connectivity index (χ0) is 11.8. The van der Waals surface area contributed by atoms with Gasteiger partial charge in [0.05, 0.1) is 0 Å². The van der Waals surface area contributed by atoms with Crippen molar-refractivity contribution in [3.05, 3.63) is 10.8 Å². The Morgan fingerprint density at radius 3 is 2.81 bits per heavy atom. The molecule has 0 aliphatic heterocycles. The second-order valence-corrected chi connectivity index (χ2v) is 5.45. The van der Waals surface area contributed by atoms with Crippen LogP contribution in [0.2, 0.25) is 0 Å². The molecule has 0 saturated carbocycles. The van der Waals surface area contributed by atoms with E-state index >= 15 is 0 Å². The van der Waals surface area contributed by atoms with E-state index in [1.807, 2.05) is 13.8 Å². The minimum atomic E-state index is -0.259. The van der Waals surface area contributed by atoms with Crippen LogP contribution in [-0.4, -0.2) is 32.5 Å². The molecule has 2 N–H and O–H groups in total. The minimum Gasteiger partial charge on any atom is -0.377 e. The number of nitrogens with zero attached hydrogens (tertiary/aromatic N) is 4. The van der Waals surface area contributed by atoms with Gasteiger partial charge in [0.1, 0.15) is 11.6 Å². The van der Waals surface area contributed by atoms with Gasteiger partial charge in [0.25, 0.3) is 0 Å². The van der Waals surface area contributed by atoms with Crippen LogP contribution in [0, 0.1) is 0 Å². The topological polar surface area (TPSA) is 78.3 Å². The molecule has 16 heavy (non-hydrogen) atoms. The Labute approximate surface area is 97.4 Å². The highest BCUT2D eigenvalue weighted by atomic mass is 32.1. The average molecular weight is 241 g/mol. The Balaban J connectivity index is 2.30. The Morgan fingerprint density at radius 1 is 1.44 bits per heavy atom. The van der Waals surface area contributed by atoms with Gasteiger partial charge in [-0.15, -0.1) is 10.2 Å². The number of aromatic nitrogens is 4. The van der Waals surface area contributed by atoms with Crippen LogP contribution >= 0.6 is 11.3 Å². The summed E-state index contributed by atoms with van der Waals surface area (Å²) in [6.45, 7) is 4.37. The summed E-state index contributed by atoms with van der Waals surface area (Å²) in [6.07, 6.45) is 0.730. The van der Waals surface area contributed by atoms with E-state index in [1.165, 1.54) is 11.3 Å². The van der Waals surface area contributed by atoms with Crippen molar-refractivity contribution >= 4 is 16.3 Å². The zero-order valence-corrected chi connectivity index (χ0v) is 10.4. The zero-order valence-electron chi connectivity index (χ0n) is 9.60. The smallest absolute Gasteiger partial charge is 0.234 e. The number of nitrogens with two attached hydrogens (primary N) is 1. The standard InChI is InChI=1S/C9H15N5OS/c1-9(2,10)4-7-13-14-6(5-15-3)11-12-8(14)16-7/h4-5,10H2,1-3H3. The molecule has 2 aromatic heterocycles. The minimum absolute atomic E-state index is 0.259. The van der Waals surface area contributed by atoms with Gasteiger partial charge in [0.15, 0.2) is 5.82 Å². The number of fused-ring (bicyclic) bond motifs is 1. The van der Waals surface area contributed by atoms with Crippen LogP contribution in [-0.2, 0) is 17.8 Å². The van der Waals surface area contributed by atoms with E-state index in [-0.39, 0.29) is 5.54 Å². The summed E-state index contributed by atoms with van der Waals surface area (Å²) in [7, 11) is 1.62. The maximum absolute atomic E-state index is 5.95. The Hall–Kier alpha value is -1.05. The molecule has 2 heterocycles. The molecular formula is C9H15N5OS. The predicted octanol–water partition coefficient (Wildman–Crippen LogP) is 0.612. The summed E-state index contributed by atoms with van der Waals surface area (Å²) >= 11 is 1.51. The van der Waals surface area contributed by atoms with Crippen LogP contribution in [0.3, 0.4) is 0 Å². The molecule has 0 unspecified atom stereocenters. The molecule has 0 fully saturated rings. The molecule has 7 heteroatoms. The summed E-state index contributed by atoms with van der Waals surface area (Å²) < 4.78 is 6.74. The fourth-order valence-corrected chi connectivity index (χ4v) is 2.47. The van der Waals surface area contributed by atoms with E-state index < -0.39 is 0 Å². The number of rotatable bonds is 4. The Morgan fingerprint density at radius 2 is 2.19 bits per heavy atom. The summed E-state index contributed by atoms with van der Waals surface area (Å²) in [5.41, 5.74) is 5.69. The van der Waals surface area contributed by atoms with Crippen LogP contribution in [0.4, 0.5) is 0 Å². The first-order valence-electron chi connectivity index (χ1n) is 4.97. The van der Waals surface area contributed by atoms with Crippen LogP contribution < -0.4 is 5.73 Å². The molecule has 0 saturated heterocycles. The maximum Gasteiger partial charge on any atom is 0.234 e. The highest BCUT2D eigenvalue weighted by Crippen LogP contribution is 2.18. The van der Waals surface area contributed by atoms with E-state index in [9.17, 15) is 0 Å². The van der Waals surface area contributed by atoms with Crippen molar-refractivity contribution in [3.63, 3.8) is 0 Å². The lowest BCUT2D eigenvalue weighted by Crippen LogP contribution is -2.34. The highest BCUT2D eigenvalue weighted by Gasteiger charge is 2.17. The van der Waals surface area contributed by atoms with Crippen molar-refractivity contribution in [2.24, 2.45) is 5.73 Å². The molecule has 2 rings (SSSR count). The number of hydrogen-bond donors (Lipinski definition) is 1. The summed E-state index contributed by atoms with van der Waals surface area (Å²) in [4.78, 5) is 0.784. The van der Waals surface area contributed by atoms with Crippen molar-refractivity contribution in [2.45, 2.75) is 32.4 Å². The molecule has 0 spiro atoms. The van der Waals surface area contributed by atoms with E-state index in [0.29, 0.717) is 6.61 Å². The van der Waals surface area contributed by atoms with Gasteiger partial charge < -0.3 is 10.5 Å². The molecule has 0 amide bonds. The molecule has 0 radical (unpaired) electrons. The third-order valence-electron chi connectivity index (χ3n) is 1.98. The summed E-state index contributed by atoms with van der Waals surface area (Å²) in [5.74, 6) is 0.717. The van der Waals surface area contributed by atoms with Crippen LogP contribution in [0.15, 0.2) is 0 Å². The molecule has 6 nitrogen and oxygen atoms in total. The monoisotopic (exact) mass is 241 g/mol. The van der Waals surface area contributed by atoms with E-state index in [0.717, 1.165) is 22.2 Å². The van der Waals surface area contributed by atoms with Crippen molar-refractivity contribution in [1.29, 1.82) is 0 Å². The summed E-state index contributed by atoms with van der Waals surface area (Å²) in [6, 6.07) is 0. The molecule has 0 atom stereocenters. The highest BCUT2D eigenvalue weighted by molar-refractivity contribution is 7.16. The lowest BCUT2D eigenvalue weighted by Gasteiger charge is -2.15. The van der Waals surface area contributed by atoms with Crippen molar-refractivity contribution in [2.75, 3.05) is 7.11 Å². The predicted molar refractivity (Wildman–Crippen MR) is 61.3 cm³/mol. The van der Waals surface area contributed by atoms with Crippen molar-refractivity contribution in [1.82, 2.24) is 19.8 Å². The van der Waals surface area contributed by atoms with Crippen molar-refractivity contribution in [3.8, 4) is 0 Å². The Kier molecular flexibility index (Phi) is 2.92. The molecule has 88 valence electrons. The second-order valence-electron chi connectivity index (χ2n) is 4.40. The van der Waals surface area contributed by atoms with Gasteiger partial charge in [0, 0.05) is 19.1 Å². The normalized spacial score (nSPS) is 12.5. The van der Waals surface area contributed by atoms with E-state index in [1.54, 1.807) is 11.6 Å². The van der Waals surface area contributed by atoms with Gasteiger partial charge in [-0.25, -0.2) is 0 Å². The SMILES string of the molecule is COCc1nnc2sc(CC(C)(C)N)nn12. The molecule has 0 aliphatic carbocycles. The van der Waals surface area contributed by atoms with Gasteiger partial charge in [0.2, 0.25) is 4.96 Å². The van der Waals surface area contributed by atoms with Crippen LogP contribution in [0.1, 0.15) is 24.7 Å². The van der Waals surface area contributed by atoms with Crippen LogP contribution in [0.25, 0.3) is 4.96 Å². The number of hydrogen-bond acceptors (Lipinski definition) is 6. The maximum atomic E-state index is 5.95. The molecule has 0 aromatic carbocycles. The average Bonchev–Trinajstić information content (AvgIpc) is 2.65. The number of ether oxygens (including phenoxy) is 1. The van der Waals surface area contributed by atoms with E-state index in [2.05, 4.69) is 15.3 Å². The van der Waals surface area contributed by atoms with Gasteiger partial charge in [-0.3, -0.25) is 0 Å². The Bertz CT molecular complexity index is 484. The fraction of sp³-hybridized carbons (Fsp3) is 0.667. The van der Waals surface area contributed by atoms with Crippen molar-refractivity contribution < 1.29 is 4.74 Å². The lowest BCUT2D eigenvalue weighted by molar-refractivity contribution is 0.176. The molecular weight excluding hydrogens is 226 g/mol. The quantitative estimate of drug-likeness (QED) is 0.848. The first kappa shape index (κ1) is 11.4. The fourth-order valence-electron chi connectivity index (χ4n) is 1.38. The molecule has 0 bridgehead atoms. The van der Waals surface area contributed by atoms with Gasteiger partial charge >= 0.3 is 0 Å². The van der Waals surface area contributed by atoms with Crippen LogP contribution in [0.5, 0.6) is 0 Å². The number of methoxy groups -OCH3 is 1. The molecule has 2 aromatic rings. The first-order valence-corrected chi connectivity index (χ1v) is 5.79.